The van der Waals surface area contributed by atoms with Crippen LogP contribution < -0.4 is 10.1 Å². The minimum atomic E-state index is -0.735. The van der Waals surface area contributed by atoms with Crippen molar-refractivity contribution in [3.63, 3.8) is 0 Å². The highest BCUT2D eigenvalue weighted by atomic mass is 16.5. The zero-order chi connectivity index (χ0) is 19.3. The number of aromatic nitrogens is 1. The molecule has 5 nitrogen and oxygen atoms in total. The molecule has 2 aromatic rings. The van der Waals surface area contributed by atoms with Crippen molar-refractivity contribution >= 4 is 22.5 Å². The predicted octanol–water partition coefficient (Wildman–Crippen LogP) is 4.95. The normalized spacial score (nSPS) is 22.6. The second-order valence-electron chi connectivity index (χ2n) is 7.44. The van der Waals surface area contributed by atoms with Gasteiger partial charge in [0, 0.05) is 18.2 Å². The molecule has 1 aliphatic rings. The van der Waals surface area contributed by atoms with Crippen molar-refractivity contribution < 1.29 is 14.3 Å². The SMILES string of the molecule is CCCO[C@]1(C(=O)Nc2ccc(OCC)c3ncccc23)CCC[C@H](C)C1. The predicted molar refractivity (Wildman–Crippen MR) is 108 cm³/mol. The van der Waals surface area contributed by atoms with E-state index in [1.807, 2.05) is 31.2 Å². The Morgan fingerprint density at radius 2 is 2.19 bits per heavy atom. The molecule has 0 aliphatic heterocycles. The molecule has 1 heterocycles. The van der Waals surface area contributed by atoms with E-state index in [1.165, 1.54) is 0 Å². The number of nitrogens with one attached hydrogen (secondary N) is 1. The summed E-state index contributed by atoms with van der Waals surface area (Å²) < 4.78 is 11.8. The first-order chi connectivity index (χ1) is 13.1. The van der Waals surface area contributed by atoms with Gasteiger partial charge in [-0.25, -0.2) is 0 Å². The lowest BCUT2D eigenvalue weighted by Gasteiger charge is -2.38. The van der Waals surface area contributed by atoms with Gasteiger partial charge in [0.1, 0.15) is 16.9 Å². The highest BCUT2D eigenvalue weighted by molar-refractivity contribution is 6.05. The van der Waals surface area contributed by atoms with Gasteiger partial charge in [-0.2, -0.15) is 0 Å². The van der Waals surface area contributed by atoms with Crippen molar-refractivity contribution in [2.24, 2.45) is 5.92 Å². The lowest BCUT2D eigenvalue weighted by Crippen LogP contribution is -2.48. The summed E-state index contributed by atoms with van der Waals surface area (Å²) in [6.45, 7) is 7.40. The summed E-state index contributed by atoms with van der Waals surface area (Å²) in [5.41, 5.74) is 0.780. The fourth-order valence-corrected chi connectivity index (χ4v) is 3.97. The van der Waals surface area contributed by atoms with Gasteiger partial charge in [-0.3, -0.25) is 9.78 Å². The third kappa shape index (κ3) is 4.24. The van der Waals surface area contributed by atoms with E-state index in [0.717, 1.165) is 54.4 Å². The summed E-state index contributed by atoms with van der Waals surface area (Å²) in [5.74, 6) is 1.17. The third-order valence-corrected chi connectivity index (χ3v) is 5.23. The summed E-state index contributed by atoms with van der Waals surface area (Å²) >= 11 is 0. The minimum absolute atomic E-state index is 0.0446. The topological polar surface area (TPSA) is 60.5 Å². The molecule has 0 radical (unpaired) electrons. The zero-order valence-electron chi connectivity index (χ0n) is 16.6. The smallest absolute Gasteiger partial charge is 0.256 e. The van der Waals surface area contributed by atoms with Crippen molar-refractivity contribution in [3.05, 3.63) is 30.5 Å². The number of carbonyl (C=O) groups excluding carboxylic acids is 1. The molecule has 1 aromatic heterocycles. The van der Waals surface area contributed by atoms with Crippen LogP contribution in [-0.2, 0) is 9.53 Å². The molecule has 1 aromatic carbocycles. The van der Waals surface area contributed by atoms with Gasteiger partial charge < -0.3 is 14.8 Å². The Hall–Kier alpha value is -2.14. The number of anilines is 1. The average molecular weight is 370 g/mol. The van der Waals surface area contributed by atoms with Crippen molar-refractivity contribution in [2.75, 3.05) is 18.5 Å². The number of rotatable bonds is 7. The molecule has 2 atom stereocenters. The van der Waals surface area contributed by atoms with E-state index in [1.54, 1.807) is 6.20 Å². The van der Waals surface area contributed by atoms with Crippen LogP contribution in [0.2, 0.25) is 0 Å². The van der Waals surface area contributed by atoms with Crippen LogP contribution in [0.3, 0.4) is 0 Å². The zero-order valence-corrected chi connectivity index (χ0v) is 16.6. The summed E-state index contributed by atoms with van der Waals surface area (Å²) in [4.78, 5) is 17.8. The Morgan fingerprint density at radius 1 is 1.33 bits per heavy atom. The summed E-state index contributed by atoms with van der Waals surface area (Å²) in [5, 5.41) is 4.02. The van der Waals surface area contributed by atoms with Crippen LogP contribution in [0.4, 0.5) is 5.69 Å². The first kappa shape index (κ1) is 19.6. The summed E-state index contributed by atoms with van der Waals surface area (Å²) in [7, 11) is 0. The van der Waals surface area contributed by atoms with E-state index in [0.29, 0.717) is 19.1 Å². The van der Waals surface area contributed by atoms with Crippen LogP contribution >= 0.6 is 0 Å². The third-order valence-electron chi connectivity index (χ3n) is 5.23. The van der Waals surface area contributed by atoms with E-state index in [2.05, 4.69) is 24.1 Å². The van der Waals surface area contributed by atoms with E-state index in [-0.39, 0.29) is 5.91 Å². The lowest BCUT2D eigenvalue weighted by molar-refractivity contribution is -0.148. The molecule has 1 amide bonds. The molecule has 1 fully saturated rings. The maximum Gasteiger partial charge on any atom is 0.256 e. The Labute approximate surface area is 161 Å². The number of fused-ring (bicyclic) bond motifs is 1. The Bertz CT molecular complexity index is 792. The molecule has 3 rings (SSSR count). The molecule has 0 spiro atoms. The molecule has 1 saturated carbocycles. The van der Waals surface area contributed by atoms with Crippen molar-refractivity contribution in [2.45, 2.75) is 58.5 Å². The molecule has 0 unspecified atom stereocenters. The summed E-state index contributed by atoms with van der Waals surface area (Å²) in [6, 6.07) is 7.60. The quantitative estimate of drug-likeness (QED) is 0.749. The van der Waals surface area contributed by atoms with Gasteiger partial charge in [-0.1, -0.05) is 20.3 Å². The average Bonchev–Trinajstić information content (AvgIpc) is 2.68. The molecule has 27 heavy (non-hydrogen) atoms. The maximum absolute atomic E-state index is 13.3. The largest absolute Gasteiger partial charge is 0.492 e. The van der Waals surface area contributed by atoms with E-state index in [4.69, 9.17) is 9.47 Å². The number of hydrogen-bond acceptors (Lipinski definition) is 4. The Morgan fingerprint density at radius 3 is 2.93 bits per heavy atom. The molecular weight excluding hydrogens is 340 g/mol. The fourth-order valence-electron chi connectivity index (χ4n) is 3.97. The molecular formula is C22H30N2O3. The van der Waals surface area contributed by atoms with E-state index < -0.39 is 5.60 Å². The number of hydrogen-bond donors (Lipinski definition) is 1. The van der Waals surface area contributed by atoms with Gasteiger partial charge in [-0.05, 0) is 62.8 Å². The van der Waals surface area contributed by atoms with Gasteiger partial charge in [0.2, 0.25) is 0 Å². The van der Waals surface area contributed by atoms with Crippen molar-refractivity contribution in [1.82, 2.24) is 4.98 Å². The highest BCUT2D eigenvalue weighted by Gasteiger charge is 2.42. The molecule has 1 aliphatic carbocycles. The van der Waals surface area contributed by atoms with Gasteiger partial charge in [0.25, 0.3) is 5.91 Å². The van der Waals surface area contributed by atoms with Crippen LogP contribution in [-0.4, -0.2) is 29.7 Å². The first-order valence-corrected chi connectivity index (χ1v) is 10.1. The van der Waals surface area contributed by atoms with Crippen LogP contribution in [0.15, 0.2) is 30.5 Å². The van der Waals surface area contributed by atoms with Gasteiger partial charge >= 0.3 is 0 Å². The standard InChI is InChI=1S/C22H30N2O3/c1-4-14-27-22(12-6-8-16(3)15-22)21(25)24-18-10-11-19(26-5-2)20-17(18)9-7-13-23-20/h7,9-11,13,16H,4-6,8,12,14-15H2,1-3H3,(H,24,25)/t16-,22+/m0/s1. The van der Waals surface area contributed by atoms with Crippen molar-refractivity contribution in [3.8, 4) is 5.75 Å². The Kier molecular flexibility index (Phi) is 6.32. The fraction of sp³-hybridized carbons (Fsp3) is 0.545. The molecule has 0 bridgehead atoms. The van der Waals surface area contributed by atoms with E-state index in [9.17, 15) is 4.79 Å². The van der Waals surface area contributed by atoms with Gasteiger partial charge in [0.15, 0.2) is 0 Å². The molecule has 1 N–H and O–H groups in total. The molecule has 5 heteroatoms. The number of carbonyl (C=O) groups is 1. The monoisotopic (exact) mass is 370 g/mol. The van der Waals surface area contributed by atoms with Gasteiger partial charge in [-0.15, -0.1) is 0 Å². The first-order valence-electron chi connectivity index (χ1n) is 10.1. The number of pyridine rings is 1. The second-order valence-corrected chi connectivity index (χ2v) is 7.44. The molecule has 146 valence electrons. The number of nitrogens with zero attached hydrogens (tertiary/aromatic N) is 1. The number of amides is 1. The van der Waals surface area contributed by atoms with Crippen LogP contribution in [0.5, 0.6) is 5.75 Å². The number of benzene rings is 1. The minimum Gasteiger partial charge on any atom is -0.492 e. The van der Waals surface area contributed by atoms with Crippen molar-refractivity contribution in [1.29, 1.82) is 0 Å². The van der Waals surface area contributed by atoms with E-state index >= 15 is 0 Å². The lowest BCUT2D eigenvalue weighted by atomic mass is 9.78. The summed E-state index contributed by atoms with van der Waals surface area (Å²) in [6.07, 6.45) is 6.36. The van der Waals surface area contributed by atoms with Gasteiger partial charge in [0.05, 0.1) is 12.3 Å². The van der Waals surface area contributed by atoms with Crippen LogP contribution in [0.1, 0.15) is 52.9 Å². The van der Waals surface area contributed by atoms with Crippen LogP contribution in [0, 0.1) is 5.92 Å². The highest BCUT2D eigenvalue weighted by Crippen LogP contribution is 2.37. The second kappa shape index (κ2) is 8.70. The Balaban J connectivity index is 1.91. The van der Waals surface area contributed by atoms with Crippen LogP contribution in [0.25, 0.3) is 10.9 Å². The number of ether oxygens (including phenoxy) is 2. The maximum atomic E-state index is 13.3. The molecule has 0 saturated heterocycles.